The monoisotopic (exact) mass is 568 g/mol. The highest BCUT2D eigenvalue weighted by Crippen LogP contribution is 2.38. The summed E-state index contributed by atoms with van der Waals surface area (Å²) in [4.78, 5) is 17.3. The summed E-state index contributed by atoms with van der Waals surface area (Å²) < 4.78 is 11.5. The van der Waals surface area contributed by atoms with Gasteiger partial charge in [-0.05, 0) is 61.7 Å². The maximum atomic E-state index is 12.9. The lowest BCUT2D eigenvalue weighted by molar-refractivity contribution is 0.101. The van der Waals surface area contributed by atoms with Gasteiger partial charge in [0.15, 0.2) is 5.78 Å². The molecule has 40 heavy (non-hydrogen) atoms. The molecule has 1 aliphatic carbocycles. The van der Waals surface area contributed by atoms with E-state index in [1.54, 1.807) is 65.5 Å². The van der Waals surface area contributed by atoms with Crippen molar-refractivity contribution in [1.29, 1.82) is 5.26 Å². The first-order chi connectivity index (χ1) is 19.8. The Kier molecular flexibility index (Phi) is 6.52. The van der Waals surface area contributed by atoms with Crippen LogP contribution in [0.5, 0.6) is 0 Å². The molecule has 1 aliphatic rings. The third-order valence-corrected chi connectivity index (χ3v) is 7.23. The molecule has 2 heterocycles. The van der Waals surface area contributed by atoms with Crippen LogP contribution in [-0.4, -0.2) is 25.8 Å². The van der Waals surface area contributed by atoms with Gasteiger partial charge >= 0.3 is 0 Å². The number of carbonyl (C=O) groups excluding carboxylic acids is 1. The third-order valence-electron chi connectivity index (χ3n) is 6.67. The van der Waals surface area contributed by atoms with Gasteiger partial charge in [0.1, 0.15) is 11.8 Å². The fraction of sp³-hybridized carbons (Fsp3) is 0.167. The first kappa shape index (κ1) is 24.6. The van der Waals surface area contributed by atoms with Gasteiger partial charge in [-0.25, -0.2) is 4.68 Å². The summed E-state index contributed by atoms with van der Waals surface area (Å²) in [5.41, 5.74) is 3.39. The summed E-state index contributed by atoms with van der Waals surface area (Å²) in [5, 5.41) is 26.5. The molecule has 0 spiro atoms. The molecule has 8 nitrogen and oxygen atoms in total. The number of nitriles is 1. The van der Waals surface area contributed by atoms with Gasteiger partial charge in [0.05, 0.1) is 36.4 Å². The van der Waals surface area contributed by atoms with Crippen molar-refractivity contribution < 1.29 is 6.17 Å². The van der Waals surface area contributed by atoms with Gasteiger partial charge in [0, 0.05) is 38.6 Å². The topological polar surface area (TPSA) is 109 Å². The van der Waals surface area contributed by atoms with Crippen LogP contribution in [0.2, 0.25) is 10.0 Å². The molecule has 6 rings (SSSR count). The summed E-state index contributed by atoms with van der Waals surface area (Å²) in [6, 6.07) is 18.4. The summed E-state index contributed by atoms with van der Waals surface area (Å²) in [6.45, 7) is 1.45. The van der Waals surface area contributed by atoms with Crippen molar-refractivity contribution in [2.45, 2.75) is 31.8 Å². The predicted octanol–water partition coefficient (Wildman–Crippen LogP) is 7.49. The van der Waals surface area contributed by atoms with E-state index < -0.39 is 6.02 Å². The molecule has 198 valence electrons. The Morgan fingerprint density at radius 3 is 2.70 bits per heavy atom. The Morgan fingerprint density at radius 1 is 1.15 bits per heavy atom. The maximum Gasteiger partial charge on any atom is 0.162 e. The number of nitrogens with zero attached hydrogens (tertiary/aromatic N) is 5. The second-order valence-electron chi connectivity index (χ2n) is 9.56. The van der Waals surface area contributed by atoms with Crippen LogP contribution in [0, 0.1) is 11.3 Å². The van der Waals surface area contributed by atoms with Crippen molar-refractivity contribution in [2.24, 2.45) is 0 Å². The molecule has 3 aromatic carbocycles. The number of pyridine rings is 1. The van der Waals surface area contributed by atoms with Crippen LogP contribution in [0.4, 0.5) is 17.1 Å². The van der Waals surface area contributed by atoms with Crippen molar-refractivity contribution in [3.63, 3.8) is 0 Å². The van der Waals surface area contributed by atoms with Crippen LogP contribution in [0.3, 0.4) is 0 Å². The molecule has 2 aromatic heterocycles. The predicted molar refractivity (Wildman–Crippen MR) is 156 cm³/mol. The zero-order valence-electron chi connectivity index (χ0n) is 22.3. The maximum absolute atomic E-state index is 12.9. The van der Waals surface area contributed by atoms with Gasteiger partial charge in [0.2, 0.25) is 0 Å². The molecule has 0 aliphatic heterocycles. The Bertz CT molecular complexity index is 1860. The van der Waals surface area contributed by atoms with E-state index in [1.165, 1.54) is 13.1 Å². The zero-order chi connectivity index (χ0) is 28.7. The number of anilines is 3. The van der Waals surface area contributed by atoms with Gasteiger partial charge in [-0.2, -0.15) is 5.26 Å². The highest BCUT2D eigenvalue weighted by atomic mass is 35.5. The highest BCUT2D eigenvalue weighted by molar-refractivity contribution is 6.31. The van der Waals surface area contributed by atoms with Crippen molar-refractivity contribution in [2.75, 3.05) is 10.6 Å². The number of ketones is 1. The van der Waals surface area contributed by atoms with Crippen LogP contribution in [-0.2, 0) is 0 Å². The van der Waals surface area contributed by atoms with Crippen LogP contribution in [0.15, 0.2) is 73.1 Å². The molecule has 0 amide bonds. The lowest BCUT2D eigenvalue weighted by Gasteiger charge is -2.21. The van der Waals surface area contributed by atoms with E-state index in [-0.39, 0.29) is 17.4 Å². The number of aromatic nitrogens is 4. The van der Waals surface area contributed by atoms with E-state index in [2.05, 4.69) is 32.0 Å². The molecular weight excluding hydrogens is 545 g/mol. The van der Waals surface area contributed by atoms with E-state index in [4.69, 9.17) is 23.2 Å². The highest BCUT2D eigenvalue weighted by Gasteiger charge is 2.28. The van der Waals surface area contributed by atoms with E-state index in [9.17, 15) is 11.4 Å². The van der Waals surface area contributed by atoms with Crippen molar-refractivity contribution >= 4 is 57.0 Å². The number of hydrogen-bond donors (Lipinski definition) is 2. The average molecular weight is 569 g/mol. The Hall–Kier alpha value is -4.45. The van der Waals surface area contributed by atoms with E-state index in [1.807, 2.05) is 6.07 Å². The van der Waals surface area contributed by atoms with Crippen molar-refractivity contribution in [1.82, 2.24) is 20.0 Å². The first-order valence-electron chi connectivity index (χ1n) is 13.1. The molecule has 0 saturated heterocycles. The minimum absolute atomic E-state index is 0.224. The summed E-state index contributed by atoms with van der Waals surface area (Å²) >= 11 is 12.8. The van der Waals surface area contributed by atoms with Crippen LogP contribution in [0.25, 0.3) is 10.9 Å². The quantitative estimate of drug-likeness (QED) is 0.186. The second-order valence-corrected chi connectivity index (χ2v) is 10.4. The number of nitrogens with one attached hydrogen (secondary N) is 2. The number of Topliss-reactive ketones (excluding diaryl/α,β-unsaturated/α-hetero) is 1. The molecule has 0 radical (unpaired) electrons. The first-order valence-corrected chi connectivity index (χ1v) is 13.4. The lowest BCUT2D eigenvalue weighted by atomic mass is 10.00. The zero-order valence-corrected chi connectivity index (χ0v) is 22.8. The molecule has 1 atom stereocenters. The number of fused-ring (bicyclic) bond motifs is 1. The van der Waals surface area contributed by atoms with E-state index >= 15 is 0 Å². The molecule has 1 saturated carbocycles. The Morgan fingerprint density at radius 2 is 1.98 bits per heavy atom. The molecule has 0 unspecified atom stereocenters. The fourth-order valence-corrected chi connectivity index (χ4v) is 4.98. The summed E-state index contributed by atoms with van der Waals surface area (Å²) in [5.74, 6) is -0.224. The standard InChI is InChI=1S/C30H23Cl2N7O/c1-17(40)24-12-21(13-25-28(18(14-33)15-34-29(24)25)35-20-6-4-5-19(31)11-20)36-30(23-7-2-3-8-26(23)32)27-16-39(38-37-27)22-9-10-22/h2-8,11-13,15-16,22,30,36H,9-10H2,1H3,(H,34,35)/t30-/m0/s1/i30D. The van der Waals surface area contributed by atoms with Gasteiger partial charge in [-0.1, -0.05) is 52.7 Å². The number of rotatable bonds is 8. The summed E-state index contributed by atoms with van der Waals surface area (Å²) in [6.07, 6.45) is 5.21. The van der Waals surface area contributed by atoms with Crippen molar-refractivity contribution in [3.05, 3.63) is 105 Å². The average Bonchev–Trinajstić information content (AvgIpc) is 3.68. The molecule has 1 fully saturated rings. The summed E-state index contributed by atoms with van der Waals surface area (Å²) in [7, 11) is 0. The fourth-order valence-electron chi connectivity index (χ4n) is 4.56. The SMILES string of the molecule is [2H][C@@](Nc1cc(C(C)=O)c2ncc(C#N)c(Nc3cccc(Cl)c3)c2c1)(c1cn(C2CC2)nn1)c1ccccc1Cl. The second kappa shape index (κ2) is 10.6. The number of halogens is 2. The van der Waals surface area contributed by atoms with Gasteiger partial charge < -0.3 is 10.6 Å². The molecule has 10 heteroatoms. The van der Waals surface area contributed by atoms with Gasteiger partial charge in [-0.15, -0.1) is 5.10 Å². The third kappa shape index (κ3) is 5.09. The number of carbonyl (C=O) groups is 1. The van der Waals surface area contributed by atoms with Crippen LogP contribution in [0.1, 0.15) is 60.4 Å². The van der Waals surface area contributed by atoms with E-state index in [0.717, 1.165) is 12.8 Å². The van der Waals surface area contributed by atoms with Gasteiger partial charge in [-0.3, -0.25) is 9.78 Å². The number of hydrogen-bond acceptors (Lipinski definition) is 7. The minimum Gasteiger partial charge on any atom is -0.373 e. The van der Waals surface area contributed by atoms with Crippen LogP contribution < -0.4 is 10.6 Å². The van der Waals surface area contributed by atoms with Crippen molar-refractivity contribution in [3.8, 4) is 6.07 Å². The largest absolute Gasteiger partial charge is 0.373 e. The Balaban J connectivity index is 1.54. The number of benzene rings is 3. The lowest BCUT2D eigenvalue weighted by Crippen LogP contribution is -2.14. The minimum atomic E-state index is -1.66. The molecule has 0 bridgehead atoms. The molecular formula is C30H23Cl2N7O. The van der Waals surface area contributed by atoms with Gasteiger partial charge in [0.25, 0.3) is 0 Å². The molecule has 5 aromatic rings. The smallest absolute Gasteiger partial charge is 0.162 e. The Labute approximate surface area is 242 Å². The van der Waals surface area contributed by atoms with E-state index in [0.29, 0.717) is 54.8 Å². The van der Waals surface area contributed by atoms with Crippen LogP contribution >= 0.6 is 23.2 Å². The normalized spacial score (nSPS) is 14.7. The molecule has 2 N–H and O–H groups in total.